The number of hydrogen-bond acceptors (Lipinski definition) is 5. The van der Waals surface area contributed by atoms with Gasteiger partial charge in [0.2, 0.25) is 5.91 Å². The van der Waals surface area contributed by atoms with Gasteiger partial charge in [0.05, 0.1) is 11.1 Å². The van der Waals surface area contributed by atoms with E-state index in [0.29, 0.717) is 23.5 Å². The fraction of sp³-hybridized carbons (Fsp3) is 0.700. The Morgan fingerprint density at radius 1 is 1.24 bits per heavy atom. The number of aryl methyl sites for hydroxylation is 1. The molecule has 4 heterocycles. The van der Waals surface area contributed by atoms with Crippen LogP contribution in [0.15, 0.2) is 11.0 Å². The summed E-state index contributed by atoms with van der Waals surface area (Å²) in [5.41, 5.74) is 1.15. The maximum atomic E-state index is 12.9. The minimum Gasteiger partial charge on any atom is -0.350 e. The highest BCUT2D eigenvalue weighted by atomic mass is 35.5. The molecule has 1 amide bonds. The van der Waals surface area contributed by atoms with Crippen molar-refractivity contribution < 1.29 is 4.79 Å². The lowest BCUT2D eigenvalue weighted by Crippen LogP contribution is -2.53. The van der Waals surface area contributed by atoms with E-state index in [9.17, 15) is 9.59 Å². The maximum Gasteiger partial charge on any atom is 0.278 e. The van der Waals surface area contributed by atoms with Gasteiger partial charge in [-0.1, -0.05) is 13.8 Å². The van der Waals surface area contributed by atoms with Gasteiger partial charge in [-0.2, -0.15) is 10.2 Å². The molecule has 2 atom stereocenters. The van der Waals surface area contributed by atoms with Crippen LogP contribution in [0.5, 0.6) is 0 Å². The Balaban J connectivity index is 0.00000240. The van der Waals surface area contributed by atoms with E-state index in [1.165, 1.54) is 11.1 Å². The van der Waals surface area contributed by atoms with Crippen molar-refractivity contribution in [1.82, 2.24) is 29.8 Å². The zero-order valence-corrected chi connectivity index (χ0v) is 18.2. The molecule has 0 aromatic carbocycles. The van der Waals surface area contributed by atoms with E-state index in [-0.39, 0.29) is 42.4 Å². The standard InChI is InChI=1S/C20H30N6O2.ClH/c1-4-25-11-14-19(22-25)18(13(2)3)23-26(20(14)28)12-17(27)21-15-7-5-9-24-10-6-8-16(15)24;/h11,13,15-16H,4-10,12H2,1-3H3,(H,21,27);1H/t15-,16+;/m1./s1. The van der Waals surface area contributed by atoms with Crippen molar-refractivity contribution in [3.8, 4) is 0 Å². The third-order valence-electron chi connectivity index (χ3n) is 6.05. The number of aromatic nitrogens is 4. The van der Waals surface area contributed by atoms with Crippen LogP contribution in [-0.2, 0) is 17.9 Å². The van der Waals surface area contributed by atoms with Crippen LogP contribution in [-0.4, -0.2) is 55.5 Å². The molecule has 0 aliphatic carbocycles. The molecule has 0 unspecified atom stereocenters. The molecule has 9 heteroatoms. The van der Waals surface area contributed by atoms with E-state index in [2.05, 4.69) is 20.4 Å². The lowest BCUT2D eigenvalue weighted by Gasteiger charge is -2.37. The number of amides is 1. The Labute approximate surface area is 177 Å². The number of fused-ring (bicyclic) bond motifs is 2. The Morgan fingerprint density at radius 2 is 1.97 bits per heavy atom. The molecular weight excluding hydrogens is 392 g/mol. The fourth-order valence-corrected chi connectivity index (χ4v) is 4.64. The van der Waals surface area contributed by atoms with Crippen LogP contribution >= 0.6 is 12.4 Å². The average molecular weight is 423 g/mol. The topological polar surface area (TPSA) is 85.0 Å². The molecule has 1 N–H and O–H groups in total. The van der Waals surface area contributed by atoms with Crippen molar-refractivity contribution in [3.63, 3.8) is 0 Å². The molecule has 2 aliphatic rings. The number of rotatable bonds is 5. The normalized spacial score (nSPS) is 21.9. The zero-order valence-electron chi connectivity index (χ0n) is 17.4. The lowest BCUT2D eigenvalue weighted by molar-refractivity contribution is -0.123. The van der Waals surface area contributed by atoms with Gasteiger partial charge in [0.15, 0.2) is 0 Å². The molecule has 2 saturated heterocycles. The second-order valence-electron chi connectivity index (χ2n) is 8.31. The van der Waals surface area contributed by atoms with Crippen LogP contribution in [0.3, 0.4) is 0 Å². The molecule has 160 valence electrons. The second kappa shape index (κ2) is 8.83. The first-order valence-electron chi connectivity index (χ1n) is 10.5. The van der Waals surface area contributed by atoms with Crippen molar-refractivity contribution >= 4 is 29.2 Å². The van der Waals surface area contributed by atoms with Crippen LogP contribution in [0.2, 0.25) is 0 Å². The largest absolute Gasteiger partial charge is 0.350 e. The van der Waals surface area contributed by atoms with Crippen LogP contribution in [0.4, 0.5) is 0 Å². The third kappa shape index (κ3) is 4.19. The summed E-state index contributed by atoms with van der Waals surface area (Å²) in [6.07, 6.45) is 6.22. The van der Waals surface area contributed by atoms with Gasteiger partial charge >= 0.3 is 0 Å². The molecule has 2 fully saturated rings. The number of piperidine rings is 1. The van der Waals surface area contributed by atoms with Gasteiger partial charge in [-0.25, -0.2) is 4.68 Å². The van der Waals surface area contributed by atoms with Crippen molar-refractivity contribution in [1.29, 1.82) is 0 Å². The lowest BCUT2D eigenvalue weighted by atomic mass is 9.96. The summed E-state index contributed by atoms with van der Waals surface area (Å²) in [7, 11) is 0. The Bertz CT molecular complexity index is 937. The third-order valence-corrected chi connectivity index (χ3v) is 6.05. The van der Waals surface area contributed by atoms with Gasteiger partial charge in [-0.15, -0.1) is 12.4 Å². The second-order valence-corrected chi connectivity index (χ2v) is 8.31. The van der Waals surface area contributed by atoms with E-state index in [4.69, 9.17) is 0 Å². The molecule has 29 heavy (non-hydrogen) atoms. The average Bonchev–Trinajstić information content (AvgIpc) is 3.31. The summed E-state index contributed by atoms with van der Waals surface area (Å²) in [4.78, 5) is 28.1. The first-order valence-corrected chi connectivity index (χ1v) is 10.5. The van der Waals surface area contributed by atoms with Gasteiger partial charge in [0, 0.05) is 24.8 Å². The van der Waals surface area contributed by atoms with Crippen molar-refractivity contribution in [2.75, 3.05) is 13.1 Å². The van der Waals surface area contributed by atoms with Crippen LogP contribution < -0.4 is 10.9 Å². The van der Waals surface area contributed by atoms with Gasteiger partial charge in [-0.3, -0.25) is 19.2 Å². The van der Waals surface area contributed by atoms with Crippen molar-refractivity contribution in [3.05, 3.63) is 22.2 Å². The molecule has 2 aromatic rings. The van der Waals surface area contributed by atoms with Crippen molar-refractivity contribution in [2.24, 2.45) is 0 Å². The highest BCUT2D eigenvalue weighted by Crippen LogP contribution is 2.27. The summed E-state index contributed by atoms with van der Waals surface area (Å²) in [5.74, 6) is -0.0201. The van der Waals surface area contributed by atoms with E-state index in [1.54, 1.807) is 10.9 Å². The highest BCUT2D eigenvalue weighted by molar-refractivity contribution is 5.85. The van der Waals surface area contributed by atoms with Gasteiger partial charge in [0.25, 0.3) is 5.56 Å². The predicted octanol–water partition coefficient (Wildman–Crippen LogP) is 1.90. The Morgan fingerprint density at radius 3 is 2.66 bits per heavy atom. The molecule has 4 rings (SSSR count). The Kier molecular flexibility index (Phi) is 6.63. The van der Waals surface area contributed by atoms with E-state index < -0.39 is 0 Å². The van der Waals surface area contributed by atoms with E-state index >= 15 is 0 Å². The number of nitrogens with one attached hydrogen (secondary N) is 1. The molecular formula is C20H31ClN6O2. The monoisotopic (exact) mass is 422 g/mol. The highest BCUT2D eigenvalue weighted by Gasteiger charge is 2.35. The number of halogens is 1. The van der Waals surface area contributed by atoms with E-state index in [1.807, 2.05) is 20.8 Å². The number of carbonyl (C=O) groups is 1. The smallest absolute Gasteiger partial charge is 0.278 e. The minimum absolute atomic E-state index is 0. The fourth-order valence-electron chi connectivity index (χ4n) is 4.64. The minimum atomic E-state index is -0.250. The van der Waals surface area contributed by atoms with Crippen LogP contribution in [0, 0.1) is 0 Å². The van der Waals surface area contributed by atoms with Gasteiger partial charge < -0.3 is 5.32 Å². The summed E-state index contributed by atoms with van der Waals surface area (Å²) in [6, 6.07) is 0.620. The maximum absolute atomic E-state index is 12.9. The molecule has 0 spiro atoms. The molecule has 2 aliphatic heterocycles. The van der Waals surface area contributed by atoms with Gasteiger partial charge in [0.1, 0.15) is 12.1 Å². The summed E-state index contributed by atoms with van der Waals surface area (Å²) >= 11 is 0. The summed E-state index contributed by atoms with van der Waals surface area (Å²) in [5, 5.41) is 12.7. The number of nitrogens with zero attached hydrogens (tertiary/aromatic N) is 5. The van der Waals surface area contributed by atoms with Crippen LogP contribution in [0.1, 0.15) is 58.1 Å². The molecule has 8 nitrogen and oxygen atoms in total. The first-order chi connectivity index (χ1) is 13.5. The molecule has 2 aromatic heterocycles. The predicted molar refractivity (Wildman–Crippen MR) is 115 cm³/mol. The quantitative estimate of drug-likeness (QED) is 0.795. The Hall–Kier alpha value is -1.93. The molecule has 0 bridgehead atoms. The van der Waals surface area contributed by atoms with Crippen molar-refractivity contribution in [2.45, 2.75) is 77.5 Å². The molecule has 0 radical (unpaired) electrons. The SMILES string of the molecule is CCn1cc2c(=O)n(CC(=O)N[C@@H]3CCCN4CCC[C@@H]34)nc(C(C)C)c2n1.Cl. The van der Waals surface area contributed by atoms with Crippen LogP contribution in [0.25, 0.3) is 10.9 Å². The van der Waals surface area contributed by atoms with E-state index in [0.717, 1.165) is 38.0 Å². The summed E-state index contributed by atoms with van der Waals surface area (Å²) < 4.78 is 3.06. The zero-order chi connectivity index (χ0) is 19.8. The first kappa shape index (κ1) is 21.8. The number of hydrogen-bond donors (Lipinski definition) is 1. The van der Waals surface area contributed by atoms with Gasteiger partial charge in [-0.05, 0) is 51.6 Å². The summed E-state index contributed by atoms with van der Waals surface area (Å²) in [6.45, 7) is 8.94. The molecule has 0 saturated carbocycles. The number of carbonyl (C=O) groups excluding carboxylic acids is 1.